The van der Waals surface area contributed by atoms with E-state index in [1.165, 1.54) is 24.3 Å². The average Bonchev–Trinajstić information content (AvgIpc) is 2.54. The Bertz CT molecular complexity index is 725. The van der Waals surface area contributed by atoms with Crippen LogP contribution in [-0.2, 0) is 27.4 Å². The van der Waals surface area contributed by atoms with Crippen LogP contribution in [0.15, 0.2) is 53.0 Å². The number of rotatable bonds is 6. The molecule has 2 aromatic carbocycles. The van der Waals surface area contributed by atoms with Crippen molar-refractivity contribution < 1.29 is 19.2 Å². The molecule has 6 nitrogen and oxygen atoms in total. The van der Waals surface area contributed by atoms with E-state index in [0.29, 0.717) is 5.56 Å². The molecule has 2 aromatic rings. The van der Waals surface area contributed by atoms with Gasteiger partial charge in [0.05, 0.1) is 4.92 Å². The highest BCUT2D eigenvalue weighted by molar-refractivity contribution is 9.10. The van der Waals surface area contributed by atoms with Gasteiger partial charge in [0.25, 0.3) is 5.69 Å². The molecule has 0 saturated carbocycles. The summed E-state index contributed by atoms with van der Waals surface area (Å²) in [5, 5.41) is 10.5. The number of nitro benzene ring substituents is 1. The second kappa shape index (κ2) is 7.64. The van der Waals surface area contributed by atoms with E-state index in [9.17, 15) is 19.7 Å². The van der Waals surface area contributed by atoms with Gasteiger partial charge < -0.3 is 4.74 Å². The lowest BCUT2D eigenvalue weighted by molar-refractivity contribution is -0.384. The lowest BCUT2D eigenvalue weighted by Gasteiger charge is -2.04. The maximum absolute atomic E-state index is 11.8. The molecular weight excluding hydrogens is 366 g/mol. The monoisotopic (exact) mass is 377 g/mol. The Morgan fingerprint density at radius 2 is 1.57 bits per heavy atom. The van der Waals surface area contributed by atoms with Crippen LogP contribution in [0, 0.1) is 10.1 Å². The molecular formula is C16H12BrNO5. The van der Waals surface area contributed by atoms with Crippen LogP contribution in [0.1, 0.15) is 11.1 Å². The minimum Gasteiger partial charge on any atom is -0.455 e. The van der Waals surface area contributed by atoms with Gasteiger partial charge in [0.2, 0.25) is 5.78 Å². The van der Waals surface area contributed by atoms with Crippen molar-refractivity contribution in [1.29, 1.82) is 0 Å². The van der Waals surface area contributed by atoms with E-state index >= 15 is 0 Å². The highest BCUT2D eigenvalue weighted by atomic mass is 79.9. The van der Waals surface area contributed by atoms with Gasteiger partial charge in [-0.25, -0.2) is 4.79 Å². The van der Waals surface area contributed by atoms with E-state index in [2.05, 4.69) is 15.9 Å². The summed E-state index contributed by atoms with van der Waals surface area (Å²) in [5.74, 6) is -1.62. The first-order chi connectivity index (χ1) is 11.0. The van der Waals surface area contributed by atoms with E-state index in [4.69, 9.17) is 4.74 Å². The summed E-state index contributed by atoms with van der Waals surface area (Å²) in [4.78, 5) is 33.5. The van der Waals surface area contributed by atoms with Crippen LogP contribution in [0.4, 0.5) is 5.69 Å². The Hall–Kier alpha value is -2.54. The number of halogens is 1. The predicted octanol–water partition coefficient (Wildman–Crippen LogP) is 3.21. The molecule has 0 heterocycles. The summed E-state index contributed by atoms with van der Waals surface area (Å²) < 4.78 is 5.86. The van der Waals surface area contributed by atoms with Crippen molar-refractivity contribution in [1.82, 2.24) is 0 Å². The van der Waals surface area contributed by atoms with Crippen molar-refractivity contribution in [2.75, 3.05) is 0 Å². The van der Waals surface area contributed by atoms with Gasteiger partial charge in [-0.1, -0.05) is 40.2 Å². The average molecular weight is 378 g/mol. The van der Waals surface area contributed by atoms with Gasteiger partial charge >= 0.3 is 5.97 Å². The number of non-ortho nitro benzene ring substituents is 1. The third-order valence-electron chi connectivity index (χ3n) is 3.02. The Kier molecular flexibility index (Phi) is 5.59. The number of hydrogen-bond acceptors (Lipinski definition) is 5. The standard InChI is InChI=1S/C16H12BrNO5/c17-13-5-1-12(2-6-13)10-23-16(20)15(19)9-11-3-7-14(8-4-11)18(21)22/h1-8H,9-10H2. The molecule has 0 atom stereocenters. The van der Waals surface area contributed by atoms with E-state index in [0.717, 1.165) is 10.0 Å². The van der Waals surface area contributed by atoms with Crippen LogP contribution in [0.2, 0.25) is 0 Å². The van der Waals surface area contributed by atoms with Crippen LogP contribution in [0.25, 0.3) is 0 Å². The van der Waals surface area contributed by atoms with Crippen molar-refractivity contribution in [2.24, 2.45) is 0 Å². The summed E-state index contributed by atoms with van der Waals surface area (Å²) in [5.41, 5.74) is 1.21. The first kappa shape index (κ1) is 16.8. The number of benzene rings is 2. The highest BCUT2D eigenvalue weighted by Gasteiger charge is 2.16. The van der Waals surface area contributed by atoms with Crippen LogP contribution < -0.4 is 0 Å². The third kappa shape index (κ3) is 5.00. The van der Waals surface area contributed by atoms with Crippen LogP contribution in [-0.4, -0.2) is 16.7 Å². The largest absolute Gasteiger partial charge is 0.455 e. The zero-order valence-corrected chi connectivity index (χ0v) is 13.5. The molecule has 118 valence electrons. The molecule has 0 unspecified atom stereocenters. The quantitative estimate of drug-likeness (QED) is 0.333. The van der Waals surface area contributed by atoms with E-state index in [-0.39, 0.29) is 18.7 Å². The number of nitro groups is 1. The molecule has 0 aliphatic carbocycles. The molecule has 2 rings (SSSR count). The normalized spacial score (nSPS) is 10.1. The summed E-state index contributed by atoms with van der Waals surface area (Å²) in [6, 6.07) is 12.6. The maximum Gasteiger partial charge on any atom is 0.375 e. The third-order valence-corrected chi connectivity index (χ3v) is 3.55. The number of ether oxygens (including phenoxy) is 1. The Morgan fingerprint density at radius 3 is 2.13 bits per heavy atom. The molecule has 0 fully saturated rings. The van der Waals surface area contributed by atoms with Crippen molar-refractivity contribution in [3.63, 3.8) is 0 Å². The maximum atomic E-state index is 11.8. The number of Topliss-reactive ketones (excluding diaryl/α,β-unsaturated/α-hetero) is 1. The second-order valence-corrected chi connectivity index (χ2v) is 5.64. The minimum absolute atomic E-state index is 0.0120. The van der Waals surface area contributed by atoms with E-state index in [1.807, 2.05) is 12.1 Å². The molecule has 7 heteroatoms. The van der Waals surface area contributed by atoms with Gasteiger partial charge in [0.1, 0.15) is 6.61 Å². The fourth-order valence-electron chi connectivity index (χ4n) is 1.80. The highest BCUT2D eigenvalue weighted by Crippen LogP contribution is 2.13. The Balaban J connectivity index is 1.88. The molecule has 23 heavy (non-hydrogen) atoms. The summed E-state index contributed by atoms with van der Waals surface area (Å²) in [6.45, 7) is 0.0120. The van der Waals surface area contributed by atoms with Gasteiger partial charge in [-0.05, 0) is 23.3 Å². The van der Waals surface area contributed by atoms with Crippen molar-refractivity contribution in [3.8, 4) is 0 Å². The smallest absolute Gasteiger partial charge is 0.375 e. The molecule has 0 bridgehead atoms. The van der Waals surface area contributed by atoms with Gasteiger partial charge in [0, 0.05) is 23.0 Å². The summed E-state index contributed by atoms with van der Waals surface area (Å²) >= 11 is 3.30. The van der Waals surface area contributed by atoms with Crippen molar-refractivity contribution in [2.45, 2.75) is 13.0 Å². The number of carbonyl (C=O) groups excluding carboxylic acids is 2. The van der Waals surface area contributed by atoms with Crippen LogP contribution in [0.3, 0.4) is 0 Å². The lowest BCUT2D eigenvalue weighted by atomic mass is 10.1. The number of carbonyl (C=O) groups is 2. The summed E-state index contributed by atoms with van der Waals surface area (Å²) in [7, 11) is 0. The van der Waals surface area contributed by atoms with Gasteiger partial charge in [-0.3, -0.25) is 14.9 Å². The second-order valence-electron chi connectivity index (χ2n) is 4.73. The fourth-order valence-corrected chi connectivity index (χ4v) is 2.07. The van der Waals surface area contributed by atoms with Gasteiger partial charge in [-0.15, -0.1) is 0 Å². The number of ketones is 1. The first-order valence-corrected chi connectivity index (χ1v) is 7.43. The topological polar surface area (TPSA) is 86.5 Å². The Labute approximate surface area is 140 Å². The SMILES string of the molecule is O=C(Cc1ccc([N+](=O)[O-])cc1)C(=O)OCc1ccc(Br)cc1. The van der Waals surface area contributed by atoms with E-state index in [1.54, 1.807) is 12.1 Å². The fraction of sp³-hybridized carbons (Fsp3) is 0.125. The molecule has 0 aliphatic rings. The van der Waals surface area contributed by atoms with Crippen LogP contribution >= 0.6 is 15.9 Å². The number of hydrogen-bond donors (Lipinski definition) is 0. The van der Waals surface area contributed by atoms with Gasteiger partial charge in [-0.2, -0.15) is 0 Å². The minimum atomic E-state index is -0.925. The van der Waals surface area contributed by atoms with Crippen LogP contribution in [0.5, 0.6) is 0 Å². The molecule has 0 saturated heterocycles. The molecule has 0 amide bonds. The zero-order chi connectivity index (χ0) is 16.8. The van der Waals surface area contributed by atoms with Gasteiger partial charge in [0.15, 0.2) is 0 Å². The molecule has 0 radical (unpaired) electrons. The van der Waals surface area contributed by atoms with E-state index < -0.39 is 16.7 Å². The zero-order valence-electron chi connectivity index (χ0n) is 11.9. The first-order valence-electron chi connectivity index (χ1n) is 6.63. The molecule has 0 spiro atoms. The number of esters is 1. The van der Waals surface area contributed by atoms with Crippen molar-refractivity contribution >= 4 is 33.4 Å². The molecule has 0 aliphatic heterocycles. The Morgan fingerprint density at radius 1 is 1.00 bits per heavy atom. The predicted molar refractivity (Wildman–Crippen MR) is 85.7 cm³/mol. The number of nitrogens with zero attached hydrogens (tertiary/aromatic N) is 1. The summed E-state index contributed by atoms with van der Waals surface area (Å²) in [6.07, 6.45) is -0.156. The van der Waals surface area contributed by atoms with Crippen molar-refractivity contribution in [3.05, 3.63) is 74.2 Å². The molecule has 0 aromatic heterocycles. The lowest BCUT2D eigenvalue weighted by Crippen LogP contribution is -2.19. The molecule has 0 N–H and O–H groups in total.